The summed E-state index contributed by atoms with van der Waals surface area (Å²) in [5, 5.41) is 11.3. The highest BCUT2D eigenvalue weighted by Gasteiger charge is 2.24. The Morgan fingerprint density at radius 3 is 2.46 bits per heavy atom. The van der Waals surface area contributed by atoms with Crippen molar-refractivity contribution in [1.29, 1.82) is 0 Å². The summed E-state index contributed by atoms with van der Waals surface area (Å²) in [4.78, 5) is 32.4. The molecule has 0 amide bonds. The van der Waals surface area contributed by atoms with Gasteiger partial charge in [-0.05, 0) is 44.4 Å². The van der Waals surface area contributed by atoms with E-state index in [-0.39, 0.29) is 11.3 Å². The highest BCUT2D eigenvalue weighted by molar-refractivity contribution is 5.94. The van der Waals surface area contributed by atoms with Crippen molar-refractivity contribution in [1.82, 2.24) is 0 Å². The van der Waals surface area contributed by atoms with Crippen LogP contribution in [0.1, 0.15) is 42.3 Å². The number of hydrogen-bond donors (Lipinski definition) is 0. The van der Waals surface area contributed by atoms with Gasteiger partial charge >= 0.3 is 5.97 Å². The summed E-state index contributed by atoms with van der Waals surface area (Å²) >= 11 is 0. The third-order valence-electron chi connectivity index (χ3n) is 3.31. The molecule has 0 aliphatic rings. The summed E-state index contributed by atoms with van der Waals surface area (Å²) in [6.07, 6.45) is 4.40. The molecule has 136 valence electrons. The largest absolute Gasteiger partial charge is 0.380 e. The van der Waals surface area contributed by atoms with Gasteiger partial charge in [-0.25, -0.2) is 4.79 Å². The molecule has 0 aliphatic heterocycles. The van der Waals surface area contributed by atoms with Crippen LogP contribution in [0.3, 0.4) is 0 Å². The fraction of sp³-hybridized carbons (Fsp3) is 0.250. The number of hydrogen-bond acceptors (Lipinski definition) is 5. The predicted molar refractivity (Wildman–Crippen MR) is 98.5 cm³/mol. The highest BCUT2D eigenvalue weighted by Crippen LogP contribution is 2.23. The zero-order chi connectivity index (χ0) is 19.2. The summed E-state index contributed by atoms with van der Waals surface area (Å²) in [6, 6.07) is 14.2. The third kappa shape index (κ3) is 5.82. The number of nitrogens with zero attached hydrogens (tertiary/aromatic N) is 1. The van der Waals surface area contributed by atoms with Crippen LogP contribution in [-0.2, 0) is 16.2 Å². The monoisotopic (exact) mass is 355 g/mol. The van der Waals surface area contributed by atoms with Crippen molar-refractivity contribution < 1.29 is 19.5 Å². The molecule has 2 rings (SSSR count). The molecule has 6 nitrogen and oxygen atoms in total. The summed E-state index contributed by atoms with van der Waals surface area (Å²) < 4.78 is 0. The Kier molecular flexibility index (Phi) is 6.25. The molecule has 0 fully saturated rings. The summed E-state index contributed by atoms with van der Waals surface area (Å²) in [5.41, 5.74) is 0.581. The van der Waals surface area contributed by atoms with Crippen LogP contribution in [0.2, 0.25) is 0 Å². The van der Waals surface area contributed by atoms with Crippen LogP contribution in [0.25, 0.3) is 6.08 Å². The van der Waals surface area contributed by atoms with E-state index >= 15 is 0 Å². The van der Waals surface area contributed by atoms with E-state index in [1.807, 2.05) is 36.4 Å². The van der Waals surface area contributed by atoms with Crippen molar-refractivity contribution in [3.63, 3.8) is 0 Å². The van der Waals surface area contributed by atoms with Gasteiger partial charge in [0.25, 0.3) is 5.69 Å². The lowest BCUT2D eigenvalue weighted by atomic mass is 10.1. The fourth-order valence-corrected chi connectivity index (χ4v) is 2.13. The first kappa shape index (κ1) is 19.3. The van der Waals surface area contributed by atoms with Crippen LogP contribution < -0.4 is 0 Å². The Bertz CT molecular complexity index is 807. The van der Waals surface area contributed by atoms with Crippen LogP contribution in [-0.4, -0.2) is 16.5 Å². The second kappa shape index (κ2) is 8.40. The molecule has 0 N–H and O–H groups in total. The van der Waals surface area contributed by atoms with E-state index in [1.165, 1.54) is 12.1 Å². The van der Waals surface area contributed by atoms with E-state index in [2.05, 4.69) is 0 Å². The van der Waals surface area contributed by atoms with E-state index in [9.17, 15) is 14.9 Å². The van der Waals surface area contributed by atoms with Crippen molar-refractivity contribution in [3.05, 3.63) is 81.4 Å². The molecule has 0 saturated heterocycles. The maximum atomic E-state index is 12.1. The summed E-state index contributed by atoms with van der Waals surface area (Å²) in [6.45, 7) is 5.11. The van der Waals surface area contributed by atoms with Gasteiger partial charge < -0.3 is 0 Å². The number of benzene rings is 2. The minimum atomic E-state index is -0.897. The van der Waals surface area contributed by atoms with E-state index in [0.717, 1.165) is 5.56 Å². The third-order valence-corrected chi connectivity index (χ3v) is 3.31. The number of rotatable bonds is 6. The Hall–Kier alpha value is -2.99. The Labute approximate surface area is 152 Å². The van der Waals surface area contributed by atoms with Gasteiger partial charge in [-0.3, -0.25) is 15.0 Å². The van der Waals surface area contributed by atoms with Crippen LogP contribution in [0.5, 0.6) is 0 Å². The molecule has 0 spiro atoms. The van der Waals surface area contributed by atoms with Crippen LogP contribution >= 0.6 is 0 Å². The molecule has 26 heavy (non-hydrogen) atoms. The molecule has 0 atom stereocenters. The molecule has 0 unspecified atom stereocenters. The zero-order valence-corrected chi connectivity index (χ0v) is 15.0. The van der Waals surface area contributed by atoms with Gasteiger partial charge in [0.05, 0.1) is 4.92 Å². The predicted octanol–water partition coefficient (Wildman–Crippen LogP) is 4.74. The molecule has 0 saturated carbocycles. The Balaban J connectivity index is 2.15. The average molecular weight is 355 g/mol. The SMILES string of the molecule is CC(C)(C)OOC(=O)c1ccc(C=CCc2ccccc2)cc1[N+](=O)[O-]. The van der Waals surface area contributed by atoms with E-state index in [4.69, 9.17) is 9.78 Å². The molecule has 0 bridgehead atoms. The molecule has 0 aliphatic carbocycles. The maximum absolute atomic E-state index is 12.1. The lowest BCUT2D eigenvalue weighted by Crippen LogP contribution is -2.22. The maximum Gasteiger partial charge on any atom is 0.380 e. The lowest BCUT2D eigenvalue weighted by molar-refractivity contribution is -0.385. The van der Waals surface area contributed by atoms with Gasteiger partial charge in [0.2, 0.25) is 0 Å². The Morgan fingerprint density at radius 1 is 1.15 bits per heavy atom. The fourth-order valence-electron chi connectivity index (χ4n) is 2.13. The van der Waals surface area contributed by atoms with Crippen molar-refractivity contribution in [3.8, 4) is 0 Å². The van der Waals surface area contributed by atoms with Gasteiger partial charge in [-0.1, -0.05) is 48.6 Å². The molecular weight excluding hydrogens is 334 g/mol. The molecule has 0 aromatic heterocycles. The van der Waals surface area contributed by atoms with Gasteiger partial charge in [0.15, 0.2) is 0 Å². The summed E-state index contributed by atoms with van der Waals surface area (Å²) in [5.74, 6) is -0.897. The summed E-state index contributed by atoms with van der Waals surface area (Å²) in [7, 11) is 0. The van der Waals surface area contributed by atoms with Crippen molar-refractivity contribution in [2.24, 2.45) is 0 Å². The van der Waals surface area contributed by atoms with Crippen LogP contribution in [0, 0.1) is 10.1 Å². The second-order valence-corrected chi connectivity index (χ2v) is 6.69. The quantitative estimate of drug-likeness (QED) is 0.425. The highest BCUT2D eigenvalue weighted by atomic mass is 17.2. The molecule has 2 aromatic carbocycles. The zero-order valence-electron chi connectivity index (χ0n) is 15.0. The molecule has 2 aromatic rings. The smallest absolute Gasteiger partial charge is 0.292 e. The van der Waals surface area contributed by atoms with E-state index in [1.54, 1.807) is 32.9 Å². The first-order valence-corrected chi connectivity index (χ1v) is 8.15. The molecular formula is C20H21NO5. The topological polar surface area (TPSA) is 78.7 Å². The number of nitro groups is 1. The minimum absolute atomic E-state index is 0.153. The molecule has 6 heteroatoms. The van der Waals surface area contributed by atoms with E-state index in [0.29, 0.717) is 12.0 Å². The number of carbonyl (C=O) groups is 1. The first-order chi connectivity index (χ1) is 12.3. The van der Waals surface area contributed by atoms with Gasteiger partial charge in [-0.15, -0.1) is 0 Å². The van der Waals surface area contributed by atoms with Crippen molar-refractivity contribution in [2.45, 2.75) is 32.8 Å². The van der Waals surface area contributed by atoms with Gasteiger partial charge in [-0.2, -0.15) is 4.89 Å². The van der Waals surface area contributed by atoms with E-state index < -0.39 is 16.5 Å². The van der Waals surface area contributed by atoms with Crippen molar-refractivity contribution in [2.75, 3.05) is 0 Å². The number of allylic oxidation sites excluding steroid dienone is 1. The van der Waals surface area contributed by atoms with Gasteiger partial charge in [0, 0.05) is 6.07 Å². The average Bonchev–Trinajstić information content (AvgIpc) is 2.60. The number of nitro benzene ring substituents is 1. The van der Waals surface area contributed by atoms with Crippen LogP contribution in [0.4, 0.5) is 5.69 Å². The van der Waals surface area contributed by atoms with Gasteiger partial charge in [0.1, 0.15) is 11.2 Å². The molecule has 0 radical (unpaired) electrons. The van der Waals surface area contributed by atoms with Crippen molar-refractivity contribution >= 4 is 17.7 Å². The van der Waals surface area contributed by atoms with Crippen LogP contribution in [0.15, 0.2) is 54.6 Å². The molecule has 0 heterocycles. The number of carbonyl (C=O) groups excluding carboxylic acids is 1. The standard InChI is InChI=1S/C20H21NO5/c1-20(2,3)26-25-19(22)17-13-12-16(14-18(17)21(23)24)11-7-10-15-8-5-4-6-9-15/h4-9,11-14H,10H2,1-3H3. The lowest BCUT2D eigenvalue weighted by Gasteiger charge is -2.16. The first-order valence-electron chi connectivity index (χ1n) is 8.15. The Morgan fingerprint density at radius 2 is 1.85 bits per heavy atom. The second-order valence-electron chi connectivity index (χ2n) is 6.69. The minimum Gasteiger partial charge on any atom is -0.292 e. The normalized spacial score (nSPS) is 11.5.